The Morgan fingerprint density at radius 2 is 2.08 bits per heavy atom. The minimum atomic E-state index is -0.429. The molecule has 4 nitrogen and oxygen atoms in total. The Bertz CT molecular complexity index is 443. The van der Waals surface area contributed by atoms with Crippen LogP contribution in [-0.2, 0) is 0 Å². The van der Waals surface area contributed by atoms with E-state index >= 15 is 0 Å². The van der Waals surface area contributed by atoms with Crippen molar-refractivity contribution in [1.29, 1.82) is 0 Å². The summed E-state index contributed by atoms with van der Waals surface area (Å²) in [7, 11) is 1.66. The molecule has 0 bridgehead atoms. The van der Waals surface area contributed by atoms with Crippen molar-refractivity contribution in [2.24, 2.45) is 0 Å². The molecule has 1 aromatic carbocycles. The van der Waals surface area contributed by atoms with E-state index in [4.69, 9.17) is 1.37 Å². The van der Waals surface area contributed by atoms with Crippen LogP contribution in [0.2, 0.25) is 0 Å². The lowest BCUT2D eigenvalue weighted by molar-refractivity contribution is 0.0879. The van der Waals surface area contributed by atoms with Crippen LogP contribution in [-0.4, -0.2) is 18.9 Å². The predicted octanol–water partition coefficient (Wildman–Crippen LogP) is 0.612. The van der Waals surface area contributed by atoms with Crippen LogP contribution in [0.15, 0.2) is 18.2 Å². The van der Waals surface area contributed by atoms with Crippen LogP contribution < -0.4 is 10.6 Å². The largest absolute Gasteiger partial charge is 0.388 e. The summed E-state index contributed by atoms with van der Waals surface area (Å²) in [4.78, 5) is 22.4. The molecule has 1 aliphatic rings. The van der Waals surface area contributed by atoms with E-state index in [1.807, 2.05) is 0 Å². The van der Waals surface area contributed by atoms with E-state index in [2.05, 4.69) is 10.6 Å². The third-order valence-electron chi connectivity index (χ3n) is 1.94. The number of hydrogen-bond acceptors (Lipinski definition) is 3. The fourth-order valence-electron chi connectivity index (χ4n) is 1.25. The lowest BCUT2D eigenvalue weighted by Crippen LogP contribution is -2.19. The minimum absolute atomic E-state index is 0.205. The molecule has 0 fully saturated rings. The SMILES string of the molecule is [2H]c1cc2c(cc1NC)C(=O)NC2=O. The lowest BCUT2D eigenvalue weighted by atomic mass is 10.1. The molecule has 0 aromatic heterocycles. The molecule has 2 amide bonds. The number of rotatable bonds is 1. The number of imide groups is 1. The molecule has 2 N–H and O–H groups in total. The fourth-order valence-corrected chi connectivity index (χ4v) is 1.25. The van der Waals surface area contributed by atoms with Crippen molar-refractivity contribution in [1.82, 2.24) is 5.32 Å². The molecule has 1 heterocycles. The van der Waals surface area contributed by atoms with Crippen LogP contribution in [0.5, 0.6) is 0 Å². The molecule has 13 heavy (non-hydrogen) atoms. The van der Waals surface area contributed by atoms with Gasteiger partial charge in [-0.1, -0.05) is 0 Å². The third kappa shape index (κ3) is 1.07. The van der Waals surface area contributed by atoms with E-state index in [0.717, 1.165) is 0 Å². The zero-order valence-corrected chi connectivity index (χ0v) is 6.97. The number of amides is 2. The van der Waals surface area contributed by atoms with Crippen molar-refractivity contribution in [2.45, 2.75) is 0 Å². The van der Waals surface area contributed by atoms with Crippen molar-refractivity contribution in [3.63, 3.8) is 0 Å². The topological polar surface area (TPSA) is 58.2 Å². The summed E-state index contributed by atoms with van der Waals surface area (Å²) in [5, 5.41) is 4.95. The molecule has 1 aliphatic heterocycles. The zero-order chi connectivity index (χ0) is 10.3. The summed E-state index contributed by atoms with van der Waals surface area (Å²) in [6, 6.07) is 3.11. The molecular weight excluding hydrogens is 168 g/mol. The molecule has 0 saturated heterocycles. The maximum Gasteiger partial charge on any atom is 0.259 e. The summed E-state index contributed by atoms with van der Waals surface area (Å²) in [5.41, 5.74) is 1.14. The van der Waals surface area contributed by atoms with Gasteiger partial charge in [-0.05, 0) is 18.2 Å². The number of anilines is 1. The third-order valence-corrected chi connectivity index (χ3v) is 1.94. The van der Waals surface area contributed by atoms with Crippen LogP contribution >= 0.6 is 0 Å². The van der Waals surface area contributed by atoms with Gasteiger partial charge in [0.25, 0.3) is 11.8 Å². The number of fused-ring (bicyclic) bond motifs is 1. The Morgan fingerprint density at radius 3 is 2.77 bits per heavy atom. The average molecular weight is 177 g/mol. The highest BCUT2D eigenvalue weighted by molar-refractivity contribution is 6.21. The molecule has 0 atom stereocenters. The first-order valence-corrected chi connectivity index (χ1v) is 3.81. The smallest absolute Gasteiger partial charge is 0.259 e. The monoisotopic (exact) mass is 177 g/mol. The van der Waals surface area contributed by atoms with Crippen LogP contribution in [0.1, 0.15) is 22.1 Å². The van der Waals surface area contributed by atoms with Gasteiger partial charge >= 0.3 is 0 Å². The predicted molar refractivity (Wildman–Crippen MR) is 47.8 cm³/mol. The average Bonchev–Trinajstić information content (AvgIpc) is 2.41. The highest BCUT2D eigenvalue weighted by atomic mass is 16.2. The van der Waals surface area contributed by atoms with Crippen molar-refractivity contribution in [2.75, 3.05) is 12.4 Å². The number of hydrogen-bond donors (Lipinski definition) is 2. The first-order chi connectivity index (χ1) is 6.63. The van der Waals surface area contributed by atoms with E-state index in [-0.39, 0.29) is 11.6 Å². The molecule has 0 unspecified atom stereocenters. The van der Waals surface area contributed by atoms with E-state index < -0.39 is 11.8 Å². The van der Waals surface area contributed by atoms with Crippen LogP contribution in [0, 0.1) is 0 Å². The van der Waals surface area contributed by atoms with Crippen molar-refractivity contribution in [3.8, 4) is 0 Å². The van der Waals surface area contributed by atoms with Crippen LogP contribution in [0.25, 0.3) is 0 Å². The molecule has 4 heteroatoms. The zero-order valence-electron chi connectivity index (χ0n) is 7.97. The second-order valence-corrected chi connectivity index (χ2v) is 2.71. The van der Waals surface area contributed by atoms with Gasteiger partial charge in [0.05, 0.1) is 12.5 Å². The van der Waals surface area contributed by atoms with Gasteiger partial charge in [-0.3, -0.25) is 14.9 Å². The van der Waals surface area contributed by atoms with E-state index in [9.17, 15) is 9.59 Å². The fraction of sp³-hybridized carbons (Fsp3) is 0.111. The number of carbonyl (C=O) groups is 2. The van der Waals surface area contributed by atoms with Crippen LogP contribution in [0.4, 0.5) is 5.69 Å². The Kier molecular flexibility index (Phi) is 1.32. The van der Waals surface area contributed by atoms with E-state index in [0.29, 0.717) is 11.3 Å². The van der Waals surface area contributed by atoms with Gasteiger partial charge in [0, 0.05) is 12.7 Å². The number of carbonyl (C=O) groups excluding carboxylic acids is 2. The summed E-state index contributed by atoms with van der Waals surface area (Å²) < 4.78 is 7.54. The Labute approximate surface area is 76.3 Å². The first kappa shape index (κ1) is 6.65. The van der Waals surface area contributed by atoms with Gasteiger partial charge in [0.2, 0.25) is 0 Å². The van der Waals surface area contributed by atoms with Gasteiger partial charge in [-0.2, -0.15) is 0 Å². The number of nitrogens with one attached hydrogen (secondary N) is 2. The summed E-state index contributed by atoms with van der Waals surface area (Å²) in [5.74, 6) is -0.831. The van der Waals surface area contributed by atoms with Gasteiger partial charge in [-0.15, -0.1) is 0 Å². The summed E-state index contributed by atoms with van der Waals surface area (Å²) >= 11 is 0. The highest BCUT2D eigenvalue weighted by Gasteiger charge is 2.26. The Morgan fingerprint density at radius 1 is 1.38 bits per heavy atom. The summed E-state index contributed by atoms with van der Waals surface area (Å²) in [6.07, 6.45) is 0. The van der Waals surface area contributed by atoms with Crippen LogP contribution in [0.3, 0.4) is 0 Å². The maximum atomic E-state index is 11.2. The second-order valence-electron chi connectivity index (χ2n) is 2.71. The van der Waals surface area contributed by atoms with Gasteiger partial charge in [-0.25, -0.2) is 0 Å². The van der Waals surface area contributed by atoms with Crippen molar-refractivity contribution < 1.29 is 11.0 Å². The molecule has 0 saturated carbocycles. The number of benzene rings is 1. The van der Waals surface area contributed by atoms with Crippen molar-refractivity contribution in [3.05, 3.63) is 29.3 Å². The molecule has 66 valence electrons. The molecule has 0 aliphatic carbocycles. The van der Waals surface area contributed by atoms with Gasteiger partial charge < -0.3 is 5.32 Å². The lowest BCUT2D eigenvalue weighted by Gasteiger charge is -2.00. The molecular formula is C9H8N2O2. The minimum Gasteiger partial charge on any atom is -0.388 e. The first-order valence-electron chi connectivity index (χ1n) is 4.31. The molecule has 1 aromatic rings. The van der Waals surface area contributed by atoms with Gasteiger partial charge in [0.1, 0.15) is 0 Å². The van der Waals surface area contributed by atoms with Crippen molar-refractivity contribution >= 4 is 17.5 Å². The quantitative estimate of drug-likeness (QED) is 0.618. The molecule has 0 spiro atoms. The Hall–Kier alpha value is -1.84. The standard InChI is InChI=1S/C9H8N2O2/c1-10-5-2-3-6-7(4-5)9(13)11-8(6)12/h2-4,10H,1H3,(H,11,12,13)/i2D. The Balaban J connectivity index is 2.65. The summed E-state index contributed by atoms with van der Waals surface area (Å²) in [6.45, 7) is 0. The highest BCUT2D eigenvalue weighted by Crippen LogP contribution is 2.19. The second kappa shape index (κ2) is 2.58. The van der Waals surface area contributed by atoms with E-state index in [1.54, 1.807) is 7.05 Å². The molecule has 0 radical (unpaired) electrons. The van der Waals surface area contributed by atoms with Gasteiger partial charge in [0.15, 0.2) is 0 Å². The normalized spacial score (nSPS) is 15.0. The van der Waals surface area contributed by atoms with E-state index in [1.165, 1.54) is 12.1 Å². The molecule has 2 rings (SSSR count). The maximum absolute atomic E-state index is 11.2.